The number of halogens is 1. The number of alkyl halides is 1. The summed E-state index contributed by atoms with van der Waals surface area (Å²) < 4.78 is 0. The first-order chi connectivity index (χ1) is 9.11. The monoisotopic (exact) mass is 274 g/mol. The van der Waals surface area contributed by atoms with E-state index in [1.165, 1.54) is 11.1 Å². The van der Waals surface area contributed by atoms with Gasteiger partial charge in [0.15, 0.2) is 0 Å². The van der Waals surface area contributed by atoms with Crippen LogP contribution >= 0.6 is 11.6 Å². The lowest BCUT2D eigenvalue weighted by atomic mass is 10.1. The zero-order valence-electron chi connectivity index (χ0n) is 11.7. The van der Waals surface area contributed by atoms with Crippen LogP contribution in [-0.4, -0.2) is 12.0 Å². The number of aryl methyl sites for hydroxylation is 2. The van der Waals surface area contributed by atoms with Gasteiger partial charge >= 0.3 is 0 Å². The number of anilines is 1. The van der Waals surface area contributed by atoms with Crippen LogP contribution in [0.2, 0.25) is 0 Å². The molecule has 0 aliphatic heterocycles. The van der Waals surface area contributed by atoms with Crippen LogP contribution in [0.5, 0.6) is 0 Å². The summed E-state index contributed by atoms with van der Waals surface area (Å²) in [5.74, 6) is 1.52. The van der Waals surface area contributed by atoms with Crippen molar-refractivity contribution in [2.75, 3.05) is 11.9 Å². The molecule has 0 fully saturated rings. The Bertz CT molecular complexity index is 566. The normalized spacial score (nSPS) is 10.5. The molecule has 0 aliphatic carbocycles. The van der Waals surface area contributed by atoms with Gasteiger partial charge in [0.25, 0.3) is 0 Å². The molecule has 0 N–H and O–H groups in total. The molecule has 0 atom stereocenters. The van der Waals surface area contributed by atoms with Crippen LogP contribution < -0.4 is 4.90 Å². The standard InChI is InChI=1S/C16H19ClN2/c1-12-6-4-5-7-15(12)11-19(3)16-13(2)8-14(9-17)10-18-16/h4-8,10H,9,11H2,1-3H3. The summed E-state index contributed by atoms with van der Waals surface area (Å²) in [4.78, 5) is 6.69. The molecule has 100 valence electrons. The summed E-state index contributed by atoms with van der Waals surface area (Å²) in [5.41, 5.74) is 4.86. The van der Waals surface area contributed by atoms with Gasteiger partial charge in [-0.15, -0.1) is 11.6 Å². The van der Waals surface area contributed by atoms with E-state index in [4.69, 9.17) is 11.6 Å². The summed E-state index contributed by atoms with van der Waals surface area (Å²) in [5, 5.41) is 0. The van der Waals surface area contributed by atoms with Gasteiger partial charge in [-0.2, -0.15) is 0 Å². The first-order valence-electron chi connectivity index (χ1n) is 6.39. The maximum Gasteiger partial charge on any atom is 0.131 e. The summed E-state index contributed by atoms with van der Waals surface area (Å²) in [7, 11) is 2.07. The highest BCUT2D eigenvalue weighted by Gasteiger charge is 2.08. The Morgan fingerprint density at radius 2 is 1.89 bits per heavy atom. The maximum absolute atomic E-state index is 5.83. The summed E-state index contributed by atoms with van der Waals surface area (Å²) in [6.07, 6.45) is 1.85. The fraction of sp³-hybridized carbons (Fsp3) is 0.312. The lowest BCUT2D eigenvalue weighted by molar-refractivity contribution is 0.882. The van der Waals surface area contributed by atoms with Gasteiger partial charge in [0.05, 0.1) is 0 Å². The van der Waals surface area contributed by atoms with Gasteiger partial charge < -0.3 is 4.90 Å². The molecule has 2 rings (SSSR count). The predicted octanol–water partition coefficient (Wildman–Crippen LogP) is 4.07. The van der Waals surface area contributed by atoms with Gasteiger partial charge in [0, 0.05) is 25.7 Å². The number of nitrogens with zero attached hydrogens (tertiary/aromatic N) is 2. The molecule has 0 unspecified atom stereocenters. The molecule has 0 spiro atoms. The predicted molar refractivity (Wildman–Crippen MR) is 81.8 cm³/mol. The van der Waals surface area contributed by atoms with Crippen molar-refractivity contribution in [3.8, 4) is 0 Å². The Hall–Kier alpha value is -1.54. The lowest BCUT2D eigenvalue weighted by Crippen LogP contribution is -2.19. The average Bonchev–Trinajstić information content (AvgIpc) is 2.41. The third-order valence-electron chi connectivity index (χ3n) is 3.29. The Kier molecular flexibility index (Phi) is 4.43. The van der Waals surface area contributed by atoms with Crippen molar-refractivity contribution >= 4 is 17.4 Å². The van der Waals surface area contributed by atoms with E-state index in [1.807, 2.05) is 6.20 Å². The first-order valence-corrected chi connectivity index (χ1v) is 6.92. The van der Waals surface area contributed by atoms with E-state index in [9.17, 15) is 0 Å². The largest absolute Gasteiger partial charge is 0.355 e. The van der Waals surface area contributed by atoms with Crippen molar-refractivity contribution in [3.05, 3.63) is 58.8 Å². The molecule has 0 saturated heterocycles. The smallest absolute Gasteiger partial charge is 0.131 e. The average molecular weight is 275 g/mol. The van der Waals surface area contributed by atoms with Crippen LogP contribution in [0.25, 0.3) is 0 Å². The fourth-order valence-electron chi connectivity index (χ4n) is 2.22. The maximum atomic E-state index is 5.83. The second kappa shape index (κ2) is 6.07. The first kappa shape index (κ1) is 13.9. The van der Waals surface area contributed by atoms with Gasteiger partial charge in [-0.1, -0.05) is 24.3 Å². The number of aromatic nitrogens is 1. The fourth-order valence-corrected chi connectivity index (χ4v) is 2.36. The molecule has 0 bridgehead atoms. The Morgan fingerprint density at radius 3 is 2.53 bits per heavy atom. The van der Waals surface area contributed by atoms with Crippen molar-refractivity contribution < 1.29 is 0 Å². The van der Waals surface area contributed by atoms with Crippen LogP contribution in [0.15, 0.2) is 36.5 Å². The minimum atomic E-state index is 0.510. The van der Waals surface area contributed by atoms with E-state index in [2.05, 4.69) is 61.1 Å². The van der Waals surface area contributed by atoms with Gasteiger partial charge in [-0.3, -0.25) is 0 Å². The van der Waals surface area contributed by atoms with Crippen molar-refractivity contribution in [2.24, 2.45) is 0 Å². The highest BCUT2D eigenvalue weighted by atomic mass is 35.5. The van der Waals surface area contributed by atoms with Crippen molar-refractivity contribution in [2.45, 2.75) is 26.3 Å². The van der Waals surface area contributed by atoms with E-state index in [1.54, 1.807) is 0 Å². The molecule has 0 amide bonds. The lowest BCUT2D eigenvalue weighted by Gasteiger charge is -2.21. The molecule has 2 aromatic rings. The van der Waals surface area contributed by atoms with Crippen LogP contribution in [0.3, 0.4) is 0 Å². The van der Waals surface area contributed by atoms with Crippen molar-refractivity contribution in [1.29, 1.82) is 0 Å². The number of benzene rings is 1. The minimum absolute atomic E-state index is 0.510. The molecule has 2 nitrogen and oxygen atoms in total. The number of hydrogen-bond donors (Lipinski definition) is 0. The van der Waals surface area contributed by atoms with Crippen LogP contribution in [0.1, 0.15) is 22.3 Å². The van der Waals surface area contributed by atoms with E-state index in [0.29, 0.717) is 5.88 Å². The zero-order valence-corrected chi connectivity index (χ0v) is 12.4. The number of hydrogen-bond acceptors (Lipinski definition) is 2. The molecular weight excluding hydrogens is 256 g/mol. The quantitative estimate of drug-likeness (QED) is 0.781. The molecule has 1 heterocycles. The molecule has 0 aliphatic rings. The van der Waals surface area contributed by atoms with Crippen LogP contribution in [-0.2, 0) is 12.4 Å². The molecule has 3 heteroatoms. The highest BCUT2D eigenvalue weighted by Crippen LogP contribution is 2.20. The highest BCUT2D eigenvalue weighted by molar-refractivity contribution is 6.17. The molecular formula is C16H19ClN2. The summed E-state index contributed by atoms with van der Waals surface area (Å²) in [6.45, 7) is 5.08. The summed E-state index contributed by atoms with van der Waals surface area (Å²) in [6, 6.07) is 10.5. The van der Waals surface area contributed by atoms with Crippen LogP contribution in [0.4, 0.5) is 5.82 Å². The van der Waals surface area contributed by atoms with Gasteiger partial charge in [0.1, 0.15) is 5.82 Å². The minimum Gasteiger partial charge on any atom is -0.355 e. The van der Waals surface area contributed by atoms with E-state index < -0.39 is 0 Å². The van der Waals surface area contributed by atoms with E-state index >= 15 is 0 Å². The Morgan fingerprint density at radius 1 is 1.16 bits per heavy atom. The number of rotatable bonds is 4. The van der Waals surface area contributed by atoms with E-state index in [-0.39, 0.29) is 0 Å². The Balaban J connectivity index is 2.21. The van der Waals surface area contributed by atoms with Crippen molar-refractivity contribution in [1.82, 2.24) is 4.98 Å². The molecule has 1 aromatic carbocycles. The third-order valence-corrected chi connectivity index (χ3v) is 3.60. The second-order valence-electron chi connectivity index (χ2n) is 4.90. The van der Waals surface area contributed by atoms with Gasteiger partial charge in [-0.25, -0.2) is 4.98 Å². The second-order valence-corrected chi connectivity index (χ2v) is 5.17. The number of pyridine rings is 1. The molecule has 1 aromatic heterocycles. The molecule has 19 heavy (non-hydrogen) atoms. The van der Waals surface area contributed by atoms with Gasteiger partial charge in [-0.05, 0) is 42.2 Å². The van der Waals surface area contributed by atoms with Gasteiger partial charge in [0.2, 0.25) is 0 Å². The van der Waals surface area contributed by atoms with E-state index in [0.717, 1.165) is 23.5 Å². The van der Waals surface area contributed by atoms with Crippen LogP contribution in [0, 0.1) is 13.8 Å². The topological polar surface area (TPSA) is 16.1 Å². The SMILES string of the molecule is Cc1ccccc1CN(C)c1ncc(CCl)cc1C. The van der Waals surface area contributed by atoms with Crippen molar-refractivity contribution in [3.63, 3.8) is 0 Å². The molecule has 0 radical (unpaired) electrons. The Labute approximate surface area is 120 Å². The third kappa shape index (κ3) is 3.27. The molecule has 0 saturated carbocycles. The summed E-state index contributed by atoms with van der Waals surface area (Å²) >= 11 is 5.83. The zero-order chi connectivity index (χ0) is 13.8.